The number of amides is 1. The molecule has 1 aromatic rings. The van der Waals surface area contributed by atoms with Crippen LogP contribution in [0.4, 0.5) is 4.79 Å². The highest BCUT2D eigenvalue weighted by molar-refractivity contribution is 5.69. The number of hydrogen-bond donors (Lipinski definition) is 1. The maximum atomic E-state index is 12.4. The lowest BCUT2D eigenvalue weighted by Crippen LogP contribution is -2.49. The highest BCUT2D eigenvalue weighted by Crippen LogP contribution is 2.54. The quantitative estimate of drug-likeness (QED) is 0.772. The third-order valence-electron chi connectivity index (χ3n) is 5.80. The van der Waals surface area contributed by atoms with Crippen LogP contribution < -0.4 is 10.5 Å². The summed E-state index contributed by atoms with van der Waals surface area (Å²) in [6.07, 6.45) is 1.27. The molecular formula is C24H25N5O3. The molecule has 32 heavy (non-hydrogen) atoms. The van der Waals surface area contributed by atoms with E-state index >= 15 is 0 Å². The predicted molar refractivity (Wildman–Crippen MR) is 116 cm³/mol. The summed E-state index contributed by atoms with van der Waals surface area (Å²) in [6, 6.07) is 13.4. The number of allylic oxidation sites excluding steroid dienone is 2. The maximum absolute atomic E-state index is 12.4. The smallest absolute Gasteiger partial charge is 0.410 e. The van der Waals surface area contributed by atoms with Gasteiger partial charge in [0.15, 0.2) is 5.41 Å². The van der Waals surface area contributed by atoms with Crippen molar-refractivity contribution < 1.29 is 14.3 Å². The minimum atomic E-state index is -1.76. The molecular weight excluding hydrogens is 406 g/mol. The number of nitrogens with zero attached hydrogens (tertiary/aromatic N) is 4. The van der Waals surface area contributed by atoms with Crippen molar-refractivity contribution >= 4 is 6.09 Å². The number of fused-ring (bicyclic) bond motifs is 1. The topological polar surface area (TPSA) is 136 Å². The molecule has 1 aliphatic carbocycles. The average Bonchev–Trinajstić information content (AvgIpc) is 2.78. The van der Waals surface area contributed by atoms with Gasteiger partial charge in [-0.3, -0.25) is 0 Å². The Morgan fingerprint density at radius 3 is 2.44 bits per heavy atom. The lowest BCUT2D eigenvalue weighted by atomic mass is 9.58. The van der Waals surface area contributed by atoms with Gasteiger partial charge < -0.3 is 20.1 Å². The number of hydrogen-bond acceptors (Lipinski definition) is 7. The Hall–Kier alpha value is -3.96. The van der Waals surface area contributed by atoms with E-state index in [0.29, 0.717) is 16.9 Å². The molecule has 1 aromatic carbocycles. The van der Waals surface area contributed by atoms with Crippen LogP contribution in [0.15, 0.2) is 47.2 Å². The second-order valence-corrected chi connectivity index (χ2v) is 8.02. The van der Waals surface area contributed by atoms with E-state index in [-0.39, 0.29) is 37.1 Å². The van der Waals surface area contributed by atoms with E-state index < -0.39 is 23.3 Å². The van der Waals surface area contributed by atoms with E-state index in [0.717, 1.165) is 0 Å². The third-order valence-corrected chi connectivity index (χ3v) is 5.80. The first-order chi connectivity index (χ1) is 15.3. The molecule has 0 saturated heterocycles. The molecule has 0 spiro atoms. The fourth-order valence-corrected chi connectivity index (χ4v) is 4.45. The number of rotatable bonds is 4. The highest BCUT2D eigenvalue weighted by Gasteiger charge is 2.54. The van der Waals surface area contributed by atoms with Gasteiger partial charge in [-0.1, -0.05) is 18.2 Å². The van der Waals surface area contributed by atoms with E-state index in [9.17, 15) is 20.6 Å². The van der Waals surface area contributed by atoms with Crippen LogP contribution in [0.1, 0.15) is 32.3 Å². The molecule has 8 nitrogen and oxygen atoms in total. The first-order valence-corrected chi connectivity index (χ1v) is 10.4. The monoisotopic (exact) mass is 431 g/mol. The predicted octanol–water partition coefficient (Wildman–Crippen LogP) is 3.36. The van der Waals surface area contributed by atoms with Crippen LogP contribution in [0.2, 0.25) is 0 Å². The lowest BCUT2D eigenvalue weighted by molar-refractivity contribution is 0.0999. The molecule has 2 aliphatic rings. The average molecular weight is 431 g/mol. The molecule has 3 rings (SSSR count). The summed E-state index contributed by atoms with van der Waals surface area (Å²) in [4.78, 5) is 13.9. The van der Waals surface area contributed by atoms with Crippen molar-refractivity contribution in [3.05, 3.63) is 52.7 Å². The van der Waals surface area contributed by atoms with Crippen LogP contribution in [0.25, 0.3) is 0 Å². The molecule has 1 heterocycles. The van der Waals surface area contributed by atoms with E-state index in [1.807, 2.05) is 13.8 Å². The zero-order valence-electron chi connectivity index (χ0n) is 18.3. The van der Waals surface area contributed by atoms with Gasteiger partial charge in [0.2, 0.25) is 0 Å². The molecule has 0 unspecified atom stereocenters. The van der Waals surface area contributed by atoms with Crippen molar-refractivity contribution in [1.82, 2.24) is 4.90 Å². The zero-order chi connectivity index (χ0) is 23.5. The van der Waals surface area contributed by atoms with Gasteiger partial charge >= 0.3 is 6.09 Å². The fraction of sp³-hybridized carbons (Fsp3) is 0.417. The Balaban J connectivity index is 2.17. The number of nitrogens with two attached hydrogens (primary N) is 1. The van der Waals surface area contributed by atoms with Gasteiger partial charge in [-0.2, -0.15) is 15.8 Å². The van der Waals surface area contributed by atoms with Crippen molar-refractivity contribution in [2.75, 3.05) is 19.7 Å². The summed E-state index contributed by atoms with van der Waals surface area (Å²) in [5.41, 5.74) is 5.98. The molecule has 0 fully saturated rings. The second kappa shape index (κ2) is 9.04. The molecule has 8 heteroatoms. The molecule has 2 N–H and O–H groups in total. The van der Waals surface area contributed by atoms with Crippen molar-refractivity contribution in [1.29, 1.82) is 15.8 Å². The van der Waals surface area contributed by atoms with E-state index in [1.165, 1.54) is 4.90 Å². The van der Waals surface area contributed by atoms with Gasteiger partial charge in [0.05, 0.1) is 36.1 Å². The van der Waals surface area contributed by atoms with Gasteiger partial charge in [0.25, 0.3) is 0 Å². The fourth-order valence-electron chi connectivity index (χ4n) is 4.45. The highest BCUT2D eigenvalue weighted by atomic mass is 16.6. The van der Waals surface area contributed by atoms with Gasteiger partial charge in [0, 0.05) is 24.9 Å². The molecule has 1 amide bonds. The maximum Gasteiger partial charge on any atom is 0.410 e. The lowest BCUT2D eigenvalue weighted by Gasteiger charge is -2.45. The Kier molecular flexibility index (Phi) is 6.42. The van der Waals surface area contributed by atoms with Crippen molar-refractivity contribution in [2.45, 2.75) is 32.8 Å². The molecule has 164 valence electrons. The van der Waals surface area contributed by atoms with Crippen molar-refractivity contribution in [2.24, 2.45) is 17.1 Å². The third kappa shape index (κ3) is 3.74. The summed E-state index contributed by atoms with van der Waals surface area (Å²) in [7, 11) is 0. The summed E-state index contributed by atoms with van der Waals surface area (Å²) in [5.74, 6) is -0.509. The van der Waals surface area contributed by atoms with Gasteiger partial charge in [-0.05, 0) is 44.0 Å². The minimum absolute atomic E-state index is 0.00406. The van der Waals surface area contributed by atoms with Crippen molar-refractivity contribution in [3.8, 4) is 24.0 Å². The van der Waals surface area contributed by atoms with Crippen molar-refractivity contribution in [3.63, 3.8) is 0 Å². The number of benzene rings is 1. The second-order valence-electron chi connectivity index (χ2n) is 8.02. The van der Waals surface area contributed by atoms with Crippen LogP contribution in [0.3, 0.4) is 0 Å². The molecule has 0 aromatic heterocycles. The Morgan fingerprint density at radius 2 is 1.91 bits per heavy atom. The van der Waals surface area contributed by atoms with Crippen LogP contribution in [-0.4, -0.2) is 36.8 Å². The van der Waals surface area contributed by atoms with E-state index in [4.69, 9.17) is 15.2 Å². The minimum Gasteiger partial charge on any atom is -0.491 e. The first kappa shape index (κ1) is 22.7. The molecule has 2 atom stereocenters. The van der Waals surface area contributed by atoms with Crippen LogP contribution in [0, 0.1) is 45.3 Å². The molecule has 0 saturated carbocycles. The number of carbonyl (C=O) groups is 1. The van der Waals surface area contributed by atoms with Gasteiger partial charge in [-0.25, -0.2) is 4.79 Å². The zero-order valence-corrected chi connectivity index (χ0v) is 18.3. The summed E-state index contributed by atoms with van der Waals surface area (Å²) in [6.45, 7) is 6.24. The Bertz CT molecular complexity index is 1070. The SMILES string of the molecule is CCOC(=O)N1CC=C2C(C#N)=C(N)C(C#N)(C#N)[C@@H](c3ccc(OC(C)C)cc3)[C@@H]2C1. The molecule has 0 bridgehead atoms. The number of carbonyl (C=O) groups excluding carboxylic acids is 1. The van der Waals surface area contributed by atoms with Crippen LogP contribution in [0.5, 0.6) is 5.75 Å². The van der Waals surface area contributed by atoms with Gasteiger partial charge in [0.1, 0.15) is 11.8 Å². The number of ether oxygens (including phenoxy) is 2. The Labute approximate surface area is 187 Å². The first-order valence-electron chi connectivity index (χ1n) is 10.4. The number of nitriles is 3. The standard InChI is InChI=1S/C24H25N5O3/c1-4-31-23(30)29-10-9-18-19(11-25)22(28)24(13-26,14-27)21(20(18)12-29)16-5-7-17(8-6-16)32-15(2)3/h5-9,15,20-21H,4,10,12,28H2,1-3H3/t20-,21+/m1/s1. The molecule has 1 aliphatic heterocycles. The summed E-state index contributed by atoms with van der Waals surface area (Å²) >= 11 is 0. The van der Waals surface area contributed by atoms with Crippen LogP contribution >= 0.6 is 0 Å². The molecule has 0 radical (unpaired) electrons. The largest absolute Gasteiger partial charge is 0.491 e. The van der Waals surface area contributed by atoms with E-state index in [1.54, 1.807) is 37.3 Å². The summed E-state index contributed by atoms with van der Waals surface area (Å²) < 4.78 is 10.9. The normalized spacial score (nSPS) is 21.5. The van der Waals surface area contributed by atoms with E-state index in [2.05, 4.69) is 18.2 Å². The van der Waals surface area contributed by atoms with Gasteiger partial charge in [-0.15, -0.1) is 0 Å². The van der Waals surface area contributed by atoms with Crippen LogP contribution in [-0.2, 0) is 4.74 Å². The Morgan fingerprint density at radius 1 is 1.25 bits per heavy atom. The summed E-state index contributed by atoms with van der Waals surface area (Å²) in [5, 5.41) is 30.1.